The molecule has 24 heavy (non-hydrogen) atoms. The number of ether oxygens (including phenoxy) is 2. The molecule has 1 aliphatic rings. The van der Waals surface area contributed by atoms with E-state index in [1.807, 2.05) is 7.05 Å². The normalized spacial score (nSPS) is 18.0. The first kappa shape index (κ1) is 18.5. The SMILES string of the molecule is CN=C(NCCCCOc1ccc(F)cc1)N1CCC(COC)C1. The molecule has 0 amide bonds. The molecule has 0 aromatic heterocycles. The van der Waals surface area contributed by atoms with Crippen LogP contribution in [0, 0.1) is 11.7 Å². The topological polar surface area (TPSA) is 46.1 Å². The van der Waals surface area contributed by atoms with E-state index in [0.29, 0.717) is 18.3 Å². The highest BCUT2D eigenvalue weighted by Gasteiger charge is 2.24. The van der Waals surface area contributed by atoms with Gasteiger partial charge in [-0.25, -0.2) is 4.39 Å². The van der Waals surface area contributed by atoms with Crippen molar-refractivity contribution in [2.75, 3.05) is 47.0 Å². The van der Waals surface area contributed by atoms with Crippen molar-refractivity contribution in [2.45, 2.75) is 19.3 Å². The Balaban J connectivity index is 1.58. The molecule has 0 saturated carbocycles. The molecule has 1 N–H and O–H groups in total. The molecule has 1 heterocycles. The second-order valence-corrected chi connectivity index (χ2v) is 6.04. The van der Waals surface area contributed by atoms with Crippen LogP contribution < -0.4 is 10.1 Å². The van der Waals surface area contributed by atoms with Crippen molar-refractivity contribution in [3.8, 4) is 5.75 Å². The van der Waals surface area contributed by atoms with Gasteiger partial charge in [-0.15, -0.1) is 0 Å². The lowest BCUT2D eigenvalue weighted by atomic mass is 10.1. The molecular formula is C18H28FN3O2. The van der Waals surface area contributed by atoms with Crippen molar-refractivity contribution in [3.63, 3.8) is 0 Å². The summed E-state index contributed by atoms with van der Waals surface area (Å²) >= 11 is 0. The van der Waals surface area contributed by atoms with Crippen molar-refractivity contribution < 1.29 is 13.9 Å². The first-order chi connectivity index (χ1) is 11.7. The zero-order valence-electron chi connectivity index (χ0n) is 14.6. The summed E-state index contributed by atoms with van der Waals surface area (Å²) < 4.78 is 23.6. The van der Waals surface area contributed by atoms with E-state index in [4.69, 9.17) is 9.47 Å². The van der Waals surface area contributed by atoms with E-state index >= 15 is 0 Å². The number of likely N-dealkylation sites (tertiary alicyclic amines) is 1. The van der Waals surface area contributed by atoms with Crippen molar-refractivity contribution in [1.29, 1.82) is 0 Å². The van der Waals surface area contributed by atoms with E-state index in [-0.39, 0.29) is 5.82 Å². The third-order valence-electron chi connectivity index (χ3n) is 4.14. The summed E-state index contributed by atoms with van der Waals surface area (Å²) in [5.74, 6) is 2.03. The predicted molar refractivity (Wildman–Crippen MR) is 94.0 cm³/mol. The lowest BCUT2D eigenvalue weighted by Crippen LogP contribution is -2.40. The number of benzene rings is 1. The van der Waals surface area contributed by atoms with E-state index in [1.165, 1.54) is 12.1 Å². The molecule has 6 heteroatoms. The van der Waals surface area contributed by atoms with Gasteiger partial charge in [-0.1, -0.05) is 0 Å². The summed E-state index contributed by atoms with van der Waals surface area (Å²) in [6, 6.07) is 6.13. The molecule has 0 bridgehead atoms. The minimum absolute atomic E-state index is 0.243. The lowest BCUT2D eigenvalue weighted by Gasteiger charge is -2.21. The maximum absolute atomic E-state index is 12.8. The van der Waals surface area contributed by atoms with Gasteiger partial charge in [0.15, 0.2) is 5.96 Å². The van der Waals surface area contributed by atoms with Crippen LogP contribution in [0.15, 0.2) is 29.3 Å². The third-order valence-corrected chi connectivity index (χ3v) is 4.14. The monoisotopic (exact) mass is 337 g/mol. The minimum Gasteiger partial charge on any atom is -0.494 e. The number of guanidine groups is 1. The Morgan fingerprint density at radius 3 is 2.83 bits per heavy atom. The summed E-state index contributed by atoms with van der Waals surface area (Å²) in [6.45, 7) is 4.34. The molecular weight excluding hydrogens is 309 g/mol. The zero-order chi connectivity index (χ0) is 17.2. The minimum atomic E-state index is -0.243. The van der Waals surface area contributed by atoms with Gasteiger partial charge in [-0.3, -0.25) is 4.99 Å². The van der Waals surface area contributed by atoms with E-state index < -0.39 is 0 Å². The van der Waals surface area contributed by atoms with Gasteiger partial charge in [-0.2, -0.15) is 0 Å². The van der Waals surface area contributed by atoms with Crippen LogP contribution in [-0.4, -0.2) is 57.9 Å². The van der Waals surface area contributed by atoms with E-state index in [2.05, 4.69) is 15.2 Å². The smallest absolute Gasteiger partial charge is 0.193 e. The van der Waals surface area contributed by atoms with Crippen LogP contribution in [0.25, 0.3) is 0 Å². The molecule has 1 atom stereocenters. The van der Waals surface area contributed by atoms with Crippen LogP contribution in [0.2, 0.25) is 0 Å². The second kappa shape index (κ2) is 10.1. The molecule has 0 radical (unpaired) electrons. The number of nitrogens with one attached hydrogen (secondary N) is 1. The highest BCUT2D eigenvalue weighted by molar-refractivity contribution is 5.80. The highest BCUT2D eigenvalue weighted by atomic mass is 19.1. The number of halogens is 1. The molecule has 5 nitrogen and oxygen atoms in total. The van der Waals surface area contributed by atoms with Gasteiger partial charge >= 0.3 is 0 Å². The zero-order valence-corrected chi connectivity index (χ0v) is 14.6. The van der Waals surface area contributed by atoms with Gasteiger partial charge in [0, 0.05) is 39.7 Å². The van der Waals surface area contributed by atoms with Gasteiger partial charge in [0.1, 0.15) is 11.6 Å². The number of hydrogen-bond acceptors (Lipinski definition) is 3. The van der Waals surface area contributed by atoms with Crippen LogP contribution in [0.5, 0.6) is 5.75 Å². The quantitative estimate of drug-likeness (QED) is 0.450. The average Bonchev–Trinajstić information content (AvgIpc) is 3.05. The first-order valence-electron chi connectivity index (χ1n) is 8.56. The Hall–Kier alpha value is -1.82. The standard InChI is InChI=1S/C18H28FN3O2/c1-20-18(22-11-9-15(13-22)14-23-2)21-10-3-4-12-24-17-7-5-16(19)6-8-17/h5-8,15H,3-4,9-14H2,1-2H3,(H,20,21). The molecule has 0 spiro atoms. The Kier molecular flexibility index (Phi) is 7.82. The van der Waals surface area contributed by atoms with Crippen LogP contribution in [-0.2, 0) is 4.74 Å². The Bertz CT molecular complexity index is 507. The number of hydrogen-bond donors (Lipinski definition) is 1. The van der Waals surface area contributed by atoms with Crippen LogP contribution in [0.1, 0.15) is 19.3 Å². The molecule has 1 unspecified atom stereocenters. The molecule has 134 valence electrons. The Morgan fingerprint density at radius 2 is 2.12 bits per heavy atom. The van der Waals surface area contributed by atoms with Crippen molar-refractivity contribution in [1.82, 2.24) is 10.2 Å². The maximum atomic E-state index is 12.8. The summed E-state index contributed by atoms with van der Waals surface area (Å²) in [5.41, 5.74) is 0. The molecule has 1 aliphatic heterocycles. The van der Waals surface area contributed by atoms with Gasteiger partial charge in [-0.05, 0) is 43.5 Å². The number of rotatable bonds is 8. The summed E-state index contributed by atoms with van der Waals surface area (Å²) in [7, 11) is 3.58. The fourth-order valence-corrected chi connectivity index (χ4v) is 2.88. The molecule has 2 rings (SSSR count). The largest absolute Gasteiger partial charge is 0.494 e. The van der Waals surface area contributed by atoms with Crippen molar-refractivity contribution in [3.05, 3.63) is 30.1 Å². The molecule has 1 saturated heterocycles. The average molecular weight is 337 g/mol. The number of nitrogens with zero attached hydrogens (tertiary/aromatic N) is 2. The fraction of sp³-hybridized carbons (Fsp3) is 0.611. The van der Waals surface area contributed by atoms with Crippen LogP contribution >= 0.6 is 0 Å². The van der Waals surface area contributed by atoms with Crippen LogP contribution in [0.3, 0.4) is 0 Å². The molecule has 1 aromatic carbocycles. The van der Waals surface area contributed by atoms with E-state index in [9.17, 15) is 4.39 Å². The van der Waals surface area contributed by atoms with Crippen molar-refractivity contribution >= 4 is 5.96 Å². The summed E-state index contributed by atoms with van der Waals surface area (Å²) in [5, 5.41) is 3.41. The second-order valence-electron chi connectivity index (χ2n) is 6.04. The lowest BCUT2D eigenvalue weighted by molar-refractivity contribution is 0.157. The summed E-state index contributed by atoms with van der Waals surface area (Å²) in [6.07, 6.45) is 3.09. The Morgan fingerprint density at radius 1 is 1.33 bits per heavy atom. The first-order valence-corrected chi connectivity index (χ1v) is 8.56. The van der Waals surface area contributed by atoms with Gasteiger partial charge < -0.3 is 19.7 Å². The van der Waals surface area contributed by atoms with Gasteiger partial charge in [0.05, 0.1) is 13.2 Å². The fourth-order valence-electron chi connectivity index (χ4n) is 2.88. The van der Waals surface area contributed by atoms with E-state index in [0.717, 1.165) is 51.5 Å². The highest BCUT2D eigenvalue weighted by Crippen LogP contribution is 2.16. The van der Waals surface area contributed by atoms with E-state index in [1.54, 1.807) is 19.2 Å². The number of unbranched alkanes of at least 4 members (excludes halogenated alkanes) is 1. The van der Waals surface area contributed by atoms with Crippen molar-refractivity contribution in [2.24, 2.45) is 10.9 Å². The maximum Gasteiger partial charge on any atom is 0.193 e. The Labute approximate surface area is 143 Å². The predicted octanol–water partition coefficient (Wildman–Crippen LogP) is 2.53. The molecule has 1 fully saturated rings. The summed E-state index contributed by atoms with van der Waals surface area (Å²) in [4.78, 5) is 6.65. The van der Waals surface area contributed by atoms with Crippen LogP contribution in [0.4, 0.5) is 4.39 Å². The molecule has 1 aromatic rings. The third kappa shape index (κ3) is 6.00. The number of aliphatic imine (C=N–C) groups is 1. The molecule has 0 aliphatic carbocycles. The van der Waals surface area contributed by atoms with Gasteiger partial charge in [0.25, 0.3) is 0 Å². The van der Waals surface area contributed by atoms with Gasteiger partial charge in [0.2, 0.25) is 0 Å². The number of methoxy groups -OCH3 is 1.